The Balaban J connectivity index is 0.000000101. The first-order valence-corrected chi connectivity index (χ1v) is 45.6. The van der Waals surface area contributed by atoms with Gasteiger partial charge in [0.2, 0.25) is 0 Å². The first-order chi connectivity index (χ1) is 68.8. The van der Waals surface area contributed by atoms with Gasteiger partial charge in [0.05, 0.1) is 98.8 Å². The molecule has 35 nitrogen and oxygen atoms in total. The number of H-pyrrole nitrogens is 2. The third-order valence-corrected chi connectivity index (χ3v) is 25.8. The van der Waals surface area contributed by atoms with E-state index >= 15 is 0 Å². The topological polar surface area (TPSA) is 509 Å². The van der Waals surface area contributed by atoms with Crippen molar-refractivity contribution in [1.82, 2.24) is 124 Å². The van der Waals surface area contributed by atoms with Gasteiger partial charge in [-0.15, -0.1) is 0 Å². The second kappa shape index (κ2) is 36.9. The normalized spacial score (nSPS) is 14.8. The molecule has 24 aromatic rings. The highest BCUT2D eigenvalue weighted by atomic mass is 35.5. The number of aryl methyl sites for hydroxylation is 1. The van der Waals surface area contributed by atoms with Crippen LogP contribution in [0.15, 0.2) is 299 Å². The molecule has 2 fully saturated rings. The van der Waals surface area contributed by atoms with Gasteiger partial charge in [-0.25, -0.2) is 24.9 Å². The average molecular weight is 1880 g/mol. The maximum absolute atomic E-state index is 11.2. The summed E-state index contributed by atoms with van der Waals surface area (Å²) in [5.41, 5.74) is 57.1. The van der Waals surface area contributed by atoms with Crippen molar-refractivity contribution in [3.63, 3.8) is 0 Å². The lowest BCUT2D eigenvalue weighted by Crippen LogP contribution is -2.43. The van der Waals surface area contributed by atoms with E-state index in [1.807, 2.05) is 214 Å². The Bertz CT molecular complexity index is 8980. The number of nitrogens with one attached hydrogen (secondary N) is 4. The number of nitrogens with zero attached hydrogens (tertiary/aromatic N) is 21. The lowest BCUT2D eigenvalue weighted by molar-refractivity contribution is -0.141. The largest absolute Gasteiger partial charge is 0.508 e. The molecule has 0 amide bonds. The molecule has 7 aromatic carbocycles. The Morgan fingerprint density at radius 1 is 0.369 bits per heavy atom. The number of hydrogen-bond acceptors (Lipinski definition) is 26. The smallest absolute Gasteiger partial charge is 0.320 e. The van der Waals surface area contributed by atoms with Gasteiger partial charge in [-0.05, 0) is 157 Å². The summed E-state index contributed by atoms with van der Waals surface area (Å²) in [4.78, 5) is 72.1. The summed E-state index contributed by atoms with van der Waals surface area (Å²) in [6.07, 6.45) is 26.0. The Morgan fingerprint density at radius 2 is 0.780 bits per heavy atom. The van der Waals surface area contributed by atoms with Crippen LogP contribution in [0.1, 0.15) is 54.5 Å². The molecule has 0 aliphatic carbocycles. The number of pyridine rings is 5. The number of phenols is 1. The van der Waals surface area contributed by atoms with Crippen molar-refractivity contribution in [3.05, 3.63) is 321 Å². The standard InChI is InChI=1S/C22H15N7.C22H17N5O.C21H19ClN6O2.C21H20N6O2.C19H14N6/c23-21-9-20(15-8-14-3-1-2-4-18(14)24-10-15)27-22-17(12-26-29(21)22)13-5-6-19-16(7-13)11-25-28-19;1-13-8-14(6-7-20(13)28)17-12-25-27-21(23)10-19(26-22(17)27)16-9-15-4-2-3-5-18(15)24-11-16;22-12-2-3-14-13(5-6-24-18(14)7-12)15-10-26-28-19(23)8-17(27-20(15)28)11-1-4-16(21(29)30)25-9-11;22-19-9-18(12-5-6-17(21(28)29)24-10-12)26-20-15(11-25-27(19)20)13-7-8-23-16-4-2-1-3-14(13)16;20-18-8-17(14-7-12-3-1-2-4-16(12)22-10-14)24-19-15(11-23-25(18)19)13-5-6-21-9-13/h1-12H,23H2,(H,25,28);2-12,28H,23H2,1H3;2-3,5-8,10-11,16,25H,1,4,9,23H2,(H,29,30);1-4,7-9,11-12,17,24H,5-6,10,22H2,(H,28,29);1-11,21H,20H2. The number of benzene rings is 7. The molecule has 0 saturated carbocycles. The van der Waals surface area contributed by atoms with Crippen molar-refractivity contribution in [2.45, 2.75) is 56.5 Å². The number of aromatic amines is 2. The minimum absolute atomic E-state index is 0.0867. The molecule has 17 N–H and O–H groups in total. The fourth-order valence-corrected chi connectivity index (χ4v) is 18.4. The molecule has 4 unspecified atom stereocenters. The van der Waals surface area contributed by atoms with E-state index < -0.39 is 24.0 Å². The van der Waals surface area contributed by atoms with Crippen LogP contribution in [0.25, 0.3) is 183 Å². The molecule has 17 aromatic heterocycles. The number of anilines is 5. The number of aromatic nitrogens is 23. The Kier molecular flexibility index (Phi) is 22.9. The quantitative estimate of drug-likeness (QED) is 0.0540. The molecule has 0 spiro atoms. The summed E-state index contributed by atoms with van der Waals surface area (Å²) < 4.78 is 8.20. The number of carboxylic acid groups (broad SMARTS) is 2. The fraction of sp³-hybridized carbons (Fsp3) is 0.105. The number of carbonyl (C=O) groups is 2. The van der Waals surface area contributed by atoms with Crippen LogP contribution in [-0.4, -0.2) is 166 Å². The number of hydrogen-bond donors (Lipinski definition) is 12. The predicted molar refractivity (Wildman–Crippen MR) is 545 cm³/mol. The number of piperidine rings is 2. The minimum Gasteiger partial charge on any atom is -0.508 e. The monoisotopic (exact) mass is 1880 g/mol. The SMILES string of the molecule is Cc1cc(-c2cnn3c(N)cc(-c4cnc5ccccc5c4)nc23)ccc1O.Nc1cc(-c2cnc3ccccc3c2)nc2c(-c3cc[nH]c3)cnn12.Nc1cc(-c2cnc3ccccc3c2)nc2c(-c3ccc4[nH]ncc4c3)cnn12.Nc1cc(C2CCC(C(=O)O)NC2)nc2c(-c3ccnc4cc(Cl)ccc34)cnn12.Nc1cc(C2CCC(C(=O)O)NC2)nc2c(-c3ccnc4ccccc34)cnn12. The van der Waals surface area contributed by atoms with Gasteiger partial charge in [-0.2, -0.15) is 53.2 Å². The first kappa shape index (κ1) is 87.7. The van der Waals surface area contributed by atoms with Gasteiger partial charge in [0.1, 0.15) is 46.9 Å². The molecule has 4 atom stereocenters. The summed E-state index contributed by atoms with van der Waals surface area (Å²) in [6, 6.07) is 69.3. The van der Waals surface area contributed by atoms with E-state index in [9.17, 15) is 24.9 Å². The molecule has 36 heteroatoms. The van der Waals surface area contributed by atoms with Crippen molar-refractivity contribution >= 4 is 146 Å². The first-order valence-electron chi connectivity index (χ1n) is 45.2. The van der Waals surface area contributed by atoms with E-state index in [0.29, 0.717) is 82.6 Å². The van der Waals surface area contributed by atoms with Gasteiger partial charge in [-0.1, -0.05) is 103 Å². The molecule has 2 saturated heterocycles. The van der Waals surface area contributed by atoms with Gasteiger partial charge in [0, 0.05) is 186 Å². The molecular weight excluding hydrogens is 1800 g/mol. The van der Waals surface area contributed by atoms with Gasteiger partial charge in [0.25, 0.3) is 0 Å². The van der Waals surface area contributed by atoms with E-state index in [2.05, 4.69) is 100 Å². The summed E-state index contributed by atoms with van der Waals surface area (Å²) in [6.45, 7) is 2.96. The molecule has 692 valence electrons. The van der Waals surface area contributed by atoms with Crippen LogP contribution >= 0.6 is 11.6 Å². The fourth-order valence-electron chi connectivity index (χ4n) is 18.2. The maximum atomic E-state index is 11.2. The number of phenolic OH excluding ortho intramolecular Hbond substituents is 1. The number of rotatable bonds is 12. The van der Waals surface area contributed by atoms with E-state index in [4.69, 9.17) is 65.2 Å². The van der Waals surface area contributed by atoms with Gasteiger partial charge in [0.15, 0.2) is 28.2 Å². The Hall–Kier alpha value is -18.6. The summed E-state index contributed by atoms with van der Waals surface area (Å²) in [5, 5.41) is 70.3. The van der Waals surface area contributed by atoms with Crippen molar-refractivity contribution in [3.8, 4) is 95.2 Å². The molecule has 0 bridgehead atoms. The number of fused-ring (bicyclic) bond motifs is 11. The zero-order valence-electron chi connectivity index (χ0n) is 75.2. The molecule has 2 aliphatic heterocycles. The van der Waals surface area contributed by atoms with Gasteiger partial charge in [-0.3, -0.25) is 39.6 Å². The molecule has 19 heterocycles. The number of aliphatic carboxylic acids is 2. The number of carboxylic acids is 2. The van der Waals surface area contributed by atoms with E-state index in [1.54, 1.807) is 90.5 Å². The van der Waals surface area contributed by atoms with Crippen LogP contribution in [0, 0.1) is 6.92 Å². The molecule has 0 radical (unpaired) electrons. The number of para-hydroxylation sites is 4. The lowest BCUT2D eigenvalue weighted by atomic mass is 9.92. The predicted octanol–water partition coefficient (Wildman–Crippen LogP) is 17.3. The van der Waals surface area contributed by atoms with Crippen LogP contribution in [0.4, 0.5) is 29.1 Å². The zero-order chi connectivity index (χ0) is 96.2. The second-order valence-electron chi connectivity index (χ2n) is 34.4. The highest BCUT2D eigenvalue weighted by molar-refractivity contribution is 6.31. The molecule has 2 aliphatic rings. The van der Waals surface area contributed by atoms with Crippen molar-refractivity contribution < 1.29 is 24.9 Å². The molecule has 141 heavy (non-hydrogen) atoms. The van der Waals surface area contributed by atoms with Crippen LogP contribution in [0.5, 0.6) is 5.75 Å². The molecular formula is C105H85ClN30O5. The van der Waals surface area contributed by atoms with E-state index in [0.717, 1.165) is 190 Å². The Morgan fingerprint density at radius 3 is 1.23 bits per heavy atom. The van der Waals surface area contributed by atoms with E-state index in [-0.39, 0.29) is 17.6 Å². The lowest BCUT2D eigenvalue weighted by Gasteiger charge is -2.27. The van der Waals surface area contributed by atoms with Gasteiger partial charge < -0.3 is 59.6 Å². The molecule has 26 rings (SSSR count). The van der Waals surface area contributed by atoms with Crippen molar-refractivity contribution in [2.24, 2.45) is 0 Å². The number of nitrogen functional groups attached to an aromatic ring is 5. The van der Waals surface area contributed by atoms with Crippen LogP contribution < -0.4 is 39.3 Å². The van der Waals surface area contributed by atoms with E-state index in [1.165, 1.54) is 0 Å². The van der Waals surface area contributed by atoms with Crippen LogP contribution in [0.3, 0.4) is 0 Å². The summed E-state index contributed by atoms with van der Waals surface area (Å²) in [5.74, 6) is 1.37. The highest BCUT2D eigenvalue weighted by Gasteiger charge is 2.31. The number of halogens is 1. The highest BCUT2D eigenvalue weighted by Crippen LogP contribution is 2.40. The number of nitrogens with two attached hydrogens (primary N) is 5. The number of aromatic hydroxyl groups is 1. The zero-order valence-corrected chi connectivity index (χ0v) is 75.9. The maximum Gasteiger partial charge on any atom is 0.320 e. The van der Waals surface area contributed by atoms with Crippen molar-refractivity contribution in [1.29, 1.82) is 0 Å². The van der Waals surface area contributed by atoms with Crippen LogP contribution in [-0.2, 0) is 9.59 Å². The second-order valence-corrected chi connectivity index (χ2v) is 34.9. The third-order valence-electron chi connectivity index (χ3n) is 25.6. The van der Waals surface area contributed by atoms with Crippen molar-refractivity contribution in [2.75, 3.05) is 41.8 Å². The third kappa shape index (κ3) is 17.2. The summed E-state index contributed by atoms with van der Waals surface area (Å²) >= 11 is 6.12. The minimum atomic E-state index is -0.820. The average Bonchev–Trinajstić information content (AvgIpc) is 0.855. The van der Waals surface area contributed by atoms with Gasteiger partial charge >= 0.3 is 11.9 Å². The summed E-state index contributed by atoms with van der Waals surface area (Å²) in [7, 11) is 0. The Labute approximate surface area is 804 Å². The van der Waals surface area contributed by atoms with Crippen LogP contribution in [0.2, 0.25) is 5.02 Å².